The second-order valence-electron chi connectivity index (χ2n) is 2.83. The van der Waals surface area contributed by atoms with Crippen molar-refractivity contribution >= 4 is 17.4 Å². The van der Waals surface area contributed by atoms with E-state index in [2.05, 4.69) is 0 Å². The SMILES string of the molecule is CC(=O)CCn1cc(Cl)ccc1=O. The number of nitrogens with zero attached hydrogens (tertiary/aromatic N) is 1. The molecule has 0 aromatic carbocycles. The van der Waals surface area contributed by atoms with Crippen molar-refractivity contribution in [3.63, 3.8) is 0 Å². The van der Waals surface area contributed by atoms with Crippen molar-refractivity contribution < 1.29 is 4.79 Å². The summed E-state index contributed by atoms with van der Waals surface area (Å²) in [4.78, 5) is 21.8. The number of pyridine rings is 1. The van der Waals surface area contributed by atoms with E-state index in [9.17, 15) is 9.59 Å². The lowest BCUT2D eigenvalue weighted by molar-refractivity contribution is -0.117. The molecule has 0 amide bonds. The quantitative estimate of drug-likeness (QED) is 0.740. The van der Waals surface area contributed by atoms with Crippen LogP contribution in [-0.4, -0.2) is 10.4 Å². The summed E-state index contributed by atoms with van der Waals surface area (Å²) in [6.07, 6.45) is 1.90. The molecule has 1 aromatic rings. The Morgan fingerprint density at radius 3 is 2.85 bits per heavy atom. The van der Waals surface area contributed by atoms with Crippen molar-refractivity contribution in [3.8, 4) is 0 Å². The number of hydrogen-bond acceptors (Lipinski definition) is 2. The van der Waals surface area contributed by atoms with Gasteiger partial charge in [0.1, 0.15) is 5.78 Å². The Morgan fingerprint density at radius 1 is 1.54 bits per heavy atom. The fraction of sp³-hybridized carbons (Fsp3) is 0.333. The molecule has 13 heavy (non-hydrogen) atoms. The first-order chi connectivity index (χ1) is 6.09. The number of carbonyl (C=O) groups excluding carboxylic acids is 1. The summed E-state index contributed by atoms with van der Waals surface area (Å²) in [6.45, 7) is 1.89. The minimum atomic E-state index is -0.134. The molecule has 4 heteroatoms. The summed E-state index contributed by atoms with van der Waals surface area (Å²) in [5.74, 6) is 0.0619. The monoisotopic (exact) mass is 199 g/mol. The Kier molecular flexibility index (Phi) is 3.25. The van der Waals surface area contributed by atoms with Gasteiger partial charge in [0.25, 0.3) is 5.56 Å². The maximum absolute atomic E-state index is 11.2. The Balaban J connectivity index is 2.82. The number of halogens is 1. The van der Waals surface area contributed by atoms with Crippen LogP contribution in [0, 0.1) is 0 Å². The molecule has 0 spiro atoms. The van der Waals surface area contributed by atoms with Crippen LogP contribution in [0.15, 0.2) is 23.1 Å². The summed E-state index contributed by atoms with van der Waals surface area (Å²) in [5, 5.41) is 0.503. The molecule has 1 aromatic heterocycles. The number of Topliss-reactive ketones (excluding diaryl/α,β-unsaturated/α-hetero) is 1. The zero-order valence-corrected chi connectivity index (χ0v) is 8.04. The molecule has 0 aliphatic heterocycles. The largest absolute Gasteiger partial charge is 0.314 e. The van der Waals surface area contributed by atoms with Crippen molar-refractivity contribution in [3.05, 3.63) is 33.7 Å². The topological polar surface area (TPSA) is 39.1 Å². The van der Waals surface area contributed by atoms with E-state index in [-0.39, 0.29) is 11.3 Å². The highest BCUT2D eigenvalue weighted by Crippen LogP contribution is 2.03. The number of aromatic nitrogens is 1. The van der Waals surface area contributed by atoms with Crippen LogP contribution in [0.5, 0.6) is 0 Å². The van der Waals surface area contributed by atoms with Gasteiger partial charge >= 0.3 is 0 Å². The fourth-order valence-corrected chi connectivity index (χ4v) is 1.14. The maximum Gasteiger partial charge on any atom is 0.250 e. The standard InChI is InChI=1S/C9H10ClNO2/c1-7(12)4-5-11-6-8(10)2-3-9(11)13/h2-3,6H,4-5H2,1H3. The van der Waals surface area contributed by atoms with Crippen LogP contribution in [-0.2, 0) is 11.3 Å². The summed E-state index contributed by atoms with van der Waals surface area (Å²) >= 11 is 5.69. The van der Waals surface area contributed by atoms with Crippen LogP contribution in [0.4, 0.5) is 0 Å². The first kappa shape index (κ1) is 9.99. The minimum absolute atomic E-state index is 0.0619. The number of aryl methyl sites for hydroxylation is 1. The van der Waals surface area contributed by atoms with Crippen LogP contribution in [0.1, 0.15) is 13.3 Å². The Morgan fingerprint density at radius 2 is 2.23 bits per heavy atom. The van der Waals surface area contributed by atoms with E-state index in [0.29, 0.717) is 18.0 Å². The van der Waals surface area contributed by atoms with Gasteiger partial charge < -0.3 is 4.57 Å². The average Bonchev–Trinajstić information content (AvgIpc) is 2.06. The Hall–Kier alpha value is -1.09. The fourth-order valence-electron chi connectivity index (χ4n) is 0.955. The third-order valence-electron chi connectivity index (χ3n) is 1.65. The average molecular weight is 200 g/mol. The van der Waals surface area contributed by atoms with Gasteiger partial charge in [-0.05, 0) is 13.0 Å². The van der Waals surface area contributed by atoms with Gasteiger partial charge in [-0.1, -0.05) is 11.6 Å². The Labute approximate surface area is 80.9 Å². The van der Waals surface area contributed by atoms with Crippen LogP contribution in [0.2, 0.25) is 5.02 Å². The molecular weight excluding hydrogens is 190 g/mol. The van der Waals surface area contributed by atoms with Crippen molar-refractivity contribution in [2.24, 2.45) is 0 Å². The molecule has 0 radical (unpaired) electrons. The molecule has 1 heterocycles. The molecule has 0 atom stereocenters. The predicted molar refractivity (Wildman–Crippen MR) is 51.0 cm³/mol. The maximum atomic E-state index is 11.2. The van der Waals surface area contributed by atoms with E-state index in [0.717, 1.165) is 0 Å². The molecule has 0 N–H and O–H groups in total. The van der Waals surface area contributed by atoms with Crippen LogP contribution >= 0.6 is 11.6 Å². The molecule has 1 rings (SSSR count). The van der Waals surface area contributed by atoms with Gasteiger partial charge in [-0.15, -0.1) is 0 Å². The molecule has 0 bridgehead atoms. The summed E-state index contributed by atoms with van der Waals surface area (Å²) < 4.78 is 1.43. The molecule has 70 valence electrons. The van der Waals surface area contributed by atoms with Gasteiger partial charge in [-0.25, -0.2) is 0 Å². The van der Waals surface area contributed by atoms with E-state index in [1.807, 2.05) is 0 Å². The third kappa shape index (κ3) is 3.03. The summed E-state index contributed by atoms with van der Waals surface area (Å²) in [7, 11) is 0. The van der Waals surface area contributed by atoms with E-state index in [4.69, 9.17) is 11.6 Å². The van der Waals surface area contributed by atoms with Gasteiger partial charge in [-0.2, -0.15) is 0 Å². The van der Waals surface area contributed by atoms with Crippen molar-refractivity contribution in [1.29, 1.82) is 0 Å². The second kappa shape index (κ2) is 4.23. The van der Waals surface area contributed by atoms with E-state index < -0.39 is 0 Å². The summed E-state index contributed by atoms with van der Waals surface area (Å²) in [5.41, 5.74) is -0.134. The third-order valence-corrected chi connectivity index (χ3v) is 1.88. The highest BCUT2D eigenvalue weighted by molar-refractivity contribution is 6.30. The molecule has 0 saturated heterocycles. The summed E-state index contributed by atoms with van der Waals surface area (Å²) in [6, 6.07) is 2.93. The van der Waals surface area contributed by atoms with Crippen LogP contribution in [0.25, 0.3) is 0 Å². The van der Waals surface area contributed by atoms with E-state index >= 15 is 0 Å². The van der Waals surface area contributed by atoms with Crippen molar-refractivity contribution in [2.75, 3.05) is 0 Å². The molecule has 0 fully saturated rings. The van der Waals surface area contributed by atoms with E-state index in [1.54, 1.807) is 0 Å². The first-order valence-corrected chi connectivity index (χ1v) is 4.33. The van der Waals surface area contributed by atoms with Gasteiger partial charge in [0.05, 0.1) is 5.02 Å². The number of hydrogen-bond donors (Lipinski definition) is 0. The molecule has 0 aliphatic rings. The van der Waals surface area contributed by atoms with E-state index in [1.165, 1.54) is 29.8 Å². The van der Waals surface area contributed by atoms with Gasteiger partial charge in [0, 0.05) is 25.2 Å². The highest BCUT2D eigenvalue weighted by Gasteiger charge is 1.98. The van der Waals surface area contributed by atoms with Crippen molar-refractivity contribution in [1.82, 2.24) is 4.57 Å². The number of rotatable bonds is 3. The Bertz CT molecular complexity index is 370. The smallest absolute Gasteiger partial charge is 0.250 e. The lowest BCUT2D eigenvalue weighted by atomic mass is 10.3. The lowest BCUT2D eigenvalue weighted by Gasteiger charge is -2.02. The molecule has 3 nitrogen and oxygen atoms in total. The zero-order chi connectivity index (χ0) is 9.84. The molecule has 0 unspecified atom stereocenters. The normalized spacial score (nSPS) is 10.0. The zero-order valence-electron chi connectivity index (χ0n) is 7.29. The number of ketones is 1. The highest BCUT2D eigenvalue weighted by atomic mass is 35.5. The lowest BCUT2D eigenvalue weighted by Crippen LogP contribution is -2.19. The molecular formula is C9H10ClNO2. The predicted octanol–water partition coefficient (Wildman–Crippen LogP) is 1.48. The second-order valence-corrected chi connectivity index (χ2v) is 3.27. The molecule has 0 aliphatic carbocycles. The number of carbonyl (C=O) groups is 1. The van der Waals surface area contributed by atoms with Crippen LogP contribution < -0.4 is 5.56 Å². The first-order valence-electron chi connectivity index (χ1n) is 3.95. The van der Waals surface area contributed by atoms with Crippen molar-refractivity contribution in [2.45, 2.75) is 19.9 Å². The van der Waals surface area contributed by atoms with Gasteiger partial charge in [0.2, 0.25) is 0 Å². The van der Waals surface area contributed by atoms with Gasteiger partial charge in [0.15, 0.2) is 0 Å². The van der Waals surface area contributed by atoms with Gasteiger partial charge in [-0.3, -0.25) is 9.59 Å². The minimum Gasteiger partial charge on any atom is -0.314 e. The molecule has 0 saturated carbocycles. The van der Waals surface area contributed by atoms with Crippen LogP contribution in [0.3, 0.4) is 0 Å².